The van der Waals surface area contributed by atoms with Gasteiger partial charge < -0.3 is 0 Å². The molecule has 1 radical (unpaired) electrons. The fraction of sp³-hybridized carbons (Fsp3) is 0.111. The number of fused-ring (bicyclic) bond motifs is 1. The first-order chi connectivity index (χ1) is 7.79. The van der Waals surface area contributed by atoms with Crippen molar-refractivity contribution in [1.29, 1.82) is 0 Å². The topological polar surface area (TPSA) is 45.7 Å². The van der Waals surface area contributed by atoms with Crippen molar-refractivity contribution < 1.29 is 18.3 Å². The molecule has 0 fully saturated rings. The van der Waals surface area contributed by atoms with E-state index in [9.17, 15) is 18.3 Å². The number of rotatable bonds is 0. The van der Waals surface area contributed by atoms with Crippen LogP contribution in [0.3, 0.4) is 0 Å². The summed E-state index contributed by atoms with van der Waals surface area (Å²) in [5.74, 6) is -1.44. The summed E-state index contributed by atoms with van der Waals surface area (Å²) in [5.41, 5.74) is -1.73. The molecular formula is C9H2Cl2F3N2O. The molecule has 1 aromatic carbocycles. The monoisotopic (exact) mass is 281 g/mol. The highest BCUT2D eigenvalue weighted by molar-refractivity contribution is 6.42. The van der Waals surface area contributed by atoms with Crippen molar-refractivity contribution in [1.82, 2.24) is 9.97 Å². The number of nitrogens with zero attached hydrogens (tertiary/aromatic N) is 2. The molecule has 0 amide bonds. The Bertz CT molecular complexity index is 601. The van der Waals surface area contributed by atoms with E-state index in [1.807, 2.05) is 0 Å². The van der Waals surface area contributed by atoms with Crippen LogP contribution in [0.1, 0.15) is 5.69 Å². The molecule has 0 saturated carbocycles. The largest absolute Gasteiger partial charge is 0.438 e. The molecule has 3 nitrogen and oxygen atoms in total. The maximum Gasteiger partial charge on any atom is 0.438 e. The normalized spacial score (nSPS) is 12.1. The van der Waals surface area contributed by atoms with Crippen LogP contribution in [-0.4, -0.2) is 9.97 Å². The van der Waals surface area contributed by atoms with Crippen molar-refractivity contribution >= 4 is 34.2 Å². The second kappa shape index (κ2) is 3.89. The summed E-state index contributed by atoms with van der Waals surface area (Å²) in [4.78, 5) is 6.47. The molecule has 0 aliphatic carbocycles. The van der Waals surface area contributed by atoms with E-state index in [1.54, 1.807) is 0 Å². The maximum absolute atomic E-state index is 12.4. The van der Waals surface area contributed by atoms with E-state index in [-0.39, 0.29) is 21.1 Å². The first-order valence-corrected chi connectivity index (χ1v) is 4.95. The quantitative estimate of drug-likeness (QED) is 0.730. The Hall–Kier alpha value is -1.27. The van der Waals surface area contributed by atoms with Gasteiger partial charge in [0.1, 0.15) is 0 Å². The lowest BCUT2D eigenvalue weighted by atomic mass is 10.3. The minimum atomic E-state index is -4.84. The molecule has 8 heteroatoms. The van der Waals surface area contributed by atoms with Crippen molar-refractivity contribution in [2.45, 2.75) is 6.18 Å². The highest BCUT2D eigenvalue weighted by Crippen LogP contribution is 2.35. The standard InChI is InChI=1S/C9H2Cl2F3N2O/c10-3-1-5-6(2-4(3)11)16-8(17)7(15-5)9(12,13)14/h1-2H. The van der Waals surface area contributed by atoms with Gasteiger partial charge in [-0.15, -0.1) is 0 Å². The summed E-state index contributed by atoms with van der Waals surface area (Å²) < 4.78 is 37.2. The van der Waals surface area contributed by atoms with Crippen LogP contribution in [0.15, 0.2) is 12.1 Å². The Balaban J connectivity index is 2.76. The zero-order valence-electron chi connectivity index (χ0n) is 7.85. The van der Waals surface area contributed by atoms with E-state index in [0.717, 1.165) is 6.07 Å². The number of halogens is 5. The van der Waals surface area contributed by atoms with E-state index in [4.69, 9.17) is 23.2 Å². The molecule has 2 rings (SSSR count). The fourth-order valence-electron chi connectivity index (χ4n) is 1.22. The Morgan fingerprint density at radius 3 is 1.94 bits per heavy atom. The zero-order chi connectivity index (χ0) is 12.8. The first-order valence-electron chi connectivity index (χ1n) is 4.20. The van der Waals surface area contributed by atoms with Gasteiger partial charge >= 0.3 is 12.1 Å². The molecule has 0 spiro atoms. The van der Waals surface area contributed by atoms with E-state index >= 15 is 0 Å². The summed E-state index contributed by atoms with van der Waals surface area (Å²) in [6.45, 7) is 0. The summed E-state index contributed by atoms with van der Waals surface area (Å²) in [6, 6.07) is 2.31. The van der Waals surface area contributed by atoms with Crippen LogP contribution in [0.4, 0.5) is 13.2 Å². The van der Waals surface area contributed by atoms with Gasteiger partial charge in [-0.2, -0.15) is 13.2 Å². The third-order valence-electron chi connectivity index (χ3n) is 1.94. The average molecular weight is 282 g/mol. The molecule has 0 aliphatic rings. The Labute approximate surface area is 103 Å². The maximum atomic E-state index is 12.4. The van der Waals surface area contributed by atoms with Crippen molar-refractivity contribution in [3.8, 4) is 5.88 Å². The van der Waals surface area contributed by atoms with Gasteiger partial charge in [0, 0.05) is 0 Å². The van der Waals surface area contributed by atoms with Crippen LogP contribution in [0.25, 0.3) is 11.0 Å². The minimum Gasteiger partial charge on any atom is -0.265 e. The van der Waals surface area contributed by atoms with Crippen LogP contribution in [0.2, 0.25) is 10.0 Å². The smallest absolute Gasteiger partial charge is 0.265 e. The highest BCUT2D eigenvalue weighted by Gasteiger charge is 2.38. The molecule has 0 saturated heterocycles. The third-order valence-corrected chi connectivity index (χ3v) is 2.66. The lowest BCUT2D eigenvalue weighted by Crippen LogP contribution is -2.09. The van der Waals surface area contributed by atoms with E-state index in [2.05, 4.69) is 9.97 Å². The van der Waals surface area contributed by atoms with Gasteiger partial charge in [0.25, 0.3) is 0 Å². The zero-order valence-corrected chi connectivity index (χ0v) is 9.36. The predicted octanol–water partition coefficient (Wildman–Crippen LogP) is 4.10. The molecule has 1 aromatic heterocycles. The van der Waals surface area contributed by atoms with Crippen LogP contribution < -0.4 is 0 Å². The molecule has 17 heavy (non-hydrogen) atoms. The van der Waals surface area contributed by atoms with E-state index < -0.39 is 17.8 Å². The molecule has 0 atom stereocenters. The van der Waals surface area contributed by atoms with Crippen LogP contribution in [-0.2, 0) is 11.3 Å². The predicted molar refractivity (Wildman–Crippen MR) is 54.7 cm³/mol. The lowest BCUT2D eigenvalue weighted by molar-refractivity contribution is -0.143. The molecule has 0 aliphatic heterocycles. The SMILES string of the molecule is [O]c1nc2cc(Cl)c(Cl)cc2nc1C(F)(F)F. The number of hydrogen-bond donors (Lipinski definition) is 0. The van der Waals surface area contributed by atoms with Gasteiger partial charge in [0.2, 0.25) is 5.69 Å². The van der Waals surface area contributed by atoms with Crippen molar-refractivity contribution in [2.24, 2.45) is 0 Å². The third kappa shape index (κ3) is 2.23. The lowest BCUT2D eigenvalue weighted by Gasteiger charge is -2.07. The van der Waals surface area contributed by atoms with Gasteiger partial charge in [-0.3, -0.25) is 5.11 Å². The van der Waals surface area contributed by atoms with E-state index in [0.29, 0.717) is 0 Å². The van der Waals surface area contributed by atoms with Crippen molar-refractivity contribution in [2.75, 3.05) is 0 Å². The highest BCUT2D eigenvalue weighted by atomic mass is 35.5. The molecular weight excluding hydrogens is 280 g/mol. The average Bonchev–Trinajstić information content (AvgIpc) is 2.18. The van der Waals surface area contributed by atoms with E-state index in [1.165, 1.54) is 6.07 Å². The van der Waals surface area contributed by atoms with Gasteiger partial charge in [0.15, 0.2) is 0 Å². The Morgan fingerprint density at radius 2 is 1.47 bits per heavy atom. The molecule has 2 aromatic rings. The molecule has 0 N–H and O–H groups in total. The number of hydrogen-bond acceptors (Lipinski definition) is 2. The van der Waals surface area contributed by atoms with Crippen LogP contribution >= 0.6 is 23.2 Å². The Kier molecular flexibility index (Phi) is 2.79. The number of alkyl halides is 3. The summed E-state index contributed by atoms with van der Waals surface area (Å²) in [7, 11) is 0. The summed E-state index contributed by atoms with van der Waals surface area (Å²) in [6.07, 6.45) is -4.84. The molecule has 0 bridgehead atoms. The first kappa shape index (κ1) is 12.2. The Morgan fingerprint density at radius 1 is 1.00 bits per heavy atom. The van der Waals surface area contributed by atoms with Gasteiger partial charge in [-0.05, 0) is 12.1 Å². The van der Waals surface area contributed by atoms with Crippen molar-refractivity contribution in [3.63, 3.8) is 0 Å². The van der Waals surface area contributed by atoms with Crippen LogP contribution in [0.5, 0.6) is 5.88 Å². The van der Waals surface area contributed by atoms with Crippen LogP contribution in [0, 0.1) is 0 Å². The number of benzene rings is 1. The summed E-state index contributed by atoms with van der Waals surface area (Å²) in [5, 5.41) is 11.2. The molecule has 0 unspecified atom stereocenters. The molecule has 1 heterocycles. The van der Waals surface area contributed by atoms with Gasteiger partial charge in [0.05, 0.1) is 21.1 Å². The van der Waals surface area contributed by atoms with Gasteiger partial charge in [-0.25, -0.2) is 9.97 Å². The molecule has 89 valence electrons. The van der Waals surface area contributed by atoms with Gasteiger partial charge in [-0.1, -0.05) is 23.2 Å². The fourth-order valence-corrected chi connectivity index (χ4v) is 1.54. The minimum absolute atomic E-state index is 0.0302. The van der Waals surface area contributed by atoms with Crippen molar-refractivity contribution in [3.05, 3.63) is 27.9 Å². The second-order valence-corrected chi connectivity index (χ2v) is 3.94. The summed E-state index contributed by atoms with van der Waals surface area (Å²) >= 11 is 11.3. The number of aromatic nitrogens is 2. The second-order valence-electron chi connectivity index (χ2n) is 3.13.